The number of aryl methyl sites for hydroxylation is 1. The zero-order valence-corrected chi connectivity index (χ0v) is 13.5. The lowest BCUT2D eigenvalue weighted by atomic mass is 10.2. The third-order valence-electron chi connectivity index (χ3n) is 3.36. The maximum atomic E-state index is 13.4. The van der Waals surface area contributed by atoms with Crippen LogP contribution < -0.4 is 9.47 Å². The zero-order valence-electron chi connectivity index (χ0n) is 13.5. The molecule has 0 fully saturated rings. The Labute approximate surface area is 140 Å². The van der Waals surface area contributed by atoms with Crippen LogP contribution in [0.4, 0.5) is 4.39 Å². The van der Waals surface area contributed by atoms with Crippen molar-refractivity contribution in [2.75, 3.05) is 0 Å². The molecule has 0 heterocycles. The van der Waals surface area contributed by atoms with Crippen LogP contribution >= 0.6 is 0 Å². The number of esters is 2. The van der Waals surface area contributed by atoms with Crippen LogP contribution in [0.3, 0.4) is 0 Å². The van der Waals surface area contributed by atoms with Crippen molar-refractivity contribution in [1.29, 1.82) is 0 Å². The molecule has 0 aliphatic carbocycles. The summed E-state index contributed by atoms with van der Waals surface area (Å²) in [6.45, 7) is 2.02. The van der Waals surface area contributed by atoms with E-state index < -0.39 is 17.8 Å². The van der Waals surface area contributed by atoms with Gasteiger partial charge in [-0.3, -0.25) is 9.59 Å². The van der Waals surface area contributed by atoms with Crippen molar-refractivity contribution in [2.24, 2.45) is 0 Å². The molecule has 0 bridgehead atoms. The Balaban J connectivity index is 1.74. The van der Waals surface area contributed by atoms with E-state index in [9.17, 15) is 14.0 Å². The summed E-state index contributed by atoms with van der Waals surface area (Å²) in [5.74, 6) is -1.21. The van der Waals surface area contributed by atoms with Crippen LogP contribution in [0.25, 0.3) is 0 Å². The van der Waals surface area contributed by atoms with E-state index in [1.165, 1.54) is 18.2 Å². The third kappa shape index (κ3) is 5.50. The number of rotatable bonds is 7. The third-order valence-corrected chi connectivity index (χ3v) is 3.36. The number of halogens is 1. The molecule has 0 saturated carbocycles. The topological polar surface area (TPSA) is 52.6 Å². The highest BCUT2D eigenvalue weighted by molar-refractivity contribution is 5.75. The van der Waals surface area contributed by atoms with Crippen LogP contribution in [-0.4, -0.2) is 11.9 Å². The van der Waals surface area contributed by atoms with E-state index in [0.29, 0.717) is 5.75 Å². The lowest BCUT2D eigenvalue weighted by molar-refractivity contribution is -0.136. The number of carbonyl (C=O) groups excluding carboxylic acids is 2. The molecule has 0 amide bonds. The lowest BCUT2D eigenvalue weighted by Crippen LogP contribution is -2.12. The van der Waals surface area contributed by atoms with Gasteiger partial charge >= 0.3 is 11.9 Å². The zero-order chi connectivity index (χ0) is 17.4. The van der Waals surface area contributed by atoms with Crippen molar-refractivity contribution in [3.63, 3.8) is 0 Å². The minimum atomic E-state index is -0.596. The van der Waals surface area contributed by atoms with Gasteiger partial charge in [-0.15, -0.1) is 0 Å². The first-order valence-electron chi connectivity index (χ1n) is 7.83. The Morgan fingerprint density at radius 3 is 2.38 bits per heavy atom. The van der Waals surface area contributed by atoms with Gasteiger partial charge in [0.25, 0.3) is 0 Å². The standard InChI is InChI=1S/C19H19FO4/c1-2-14-7-5-8-15(13-14)23-18(21)11-6-12-19(22)24-17-10-4-3-9-16(17)20/h3-5,7-10,13H,2,6,11-12H2,1H3. The van der Waals surface area contributed by atoms with Gasteiger partial charge in [0.05, 0.1) is 0 Å². The summed E-state index contributed by atoms with van der Waals surface area (Å²) in [4.78, 5) is 23.4. The van der Waals surface area contributed by atoms with Crippen molar-refractivity contribution in [3.05, 3.63) is 59.9 Å². The molecule has 5 heteroatoms. The summed E-state index contributed by atoms with van der Waals surface area (Å²) in [5, 5.41) is 0. The molecule has 0 N–H and O–H groups in total. The molecule has 4 nitrogen and oxygen atoms in total. The van der Waals surface area contributed by atoms with E-state index in [4.69, 9.17) is 9.47 Å². The fourth-order valence-electron chi connectivity index (χ4n) is 2.09. The minimum Gasteiger partial charge on any atom is -0.427 e. The normalized spacial score (nSPS) is 10.2. The molecule has 0 atom stereocenters. The maximum Gasteiger partial charge on any atom is 0.311 e. The molecular weight excluding hydrogens is 311 g/mol. The maximum absolute atomic E-state index is 13.4. The van der Waals surface area contributed by atoms with Crippen LogP contribution in [0.1, 0.15) is 31.7 Å². The molecule has 0 aliphatic rings. The fourth-order valence-corrected chi connectivity index (χ4v) is 2.09. The van der Waals surface area contributed by atoms with E-state index in [-0.39, 0.29) is 25.0 Å². The summed E-state index contributed by atoms with van der Waals surface area (Å²) in [7, 11) is 0. The predicted molar refractivity (Wildman–Crippen MR) is 87.3 cm³/mol. The van der Waals surface area contributed by atoms with Crippen molar-refractivity contribution in [1.82, 2.24) is 0 Å². The molecule has 2 aromatic carbocycles. The van der Waals surface area contributed by atoms with E-state index in [1.54, 1.807) is 12.1 Å². The number of ether oxygens (including phenoxy) is 2. The molecule has 0 aliphatic heterocycles. The number of hydrogen-bond donors (Lipinski definition) is 0. The molecule has 0 saturated heterocycles. The largest absolute Gasteiger partial charge is 0.427 e. The Kier molecular flexibility index (Phi) is 6.49. The van der Waals surface area contributed by atoms with E-state index >= 15 is 0 Å². The van der Waals surface area contributed by atoms with Crippen molar-refractivity contribution in [3.8, 4) is 11.5 Å². The van der Waals surface area contributed by atoms with Gasteiger partial charge in [-0.2, -0.15) is 0 Å². The van der Waals surface area contributed by atoms with Gasteiger partial charge < -0.3 is 9.47 Å². The van der Waals surface area contributed by atoms with Crippen molar-refractivity contribution in [2.45, 2.75) is 32.6 Å². The molecular formula is C19H19FO4. The fraction of sp³-hybridized carbons (Fsp3) is 0.263. The van der Waals surface area contributed by atoms with Crippen molar-refractivity contribution < 1.29 is 23.5 Å². The first-order valence-corrected chi connectivity index (χ1v) is 7.83. The van der Waals surface area contributed by atoms with Crippen LogP contribution in [0.15, 0.2) is 48.5 Å². The monoisotopic (exact) mass is 330 g/mol. The number of para-hydroxylation sites is 1. The second-order valence-electron chi connectivity index (χ2n) is 5.23. The van der Waals surface area contributed by atoms with Gasteiger partial charge in [0.2, 0.25) is 0 Å². The smallest absolute Gasteiger partial charge is 0.311 e. The highest BCUT2D eigenvalue weighted by Gasteiger charge is 2.11. The number of carbonyl (C=O) groups is 2. The molecule has 0 radical (unpaired) electrons. The van der Waals surface area contributed by atoms with Gasteiger partial charge in [-0.05, 0) is 42.7 Å². The lowest BCUT2D eigenvalue weighted by Gasteiger charge is -2.06. The average molecular weight is 330 g/mol. The van der Waals surface area contributed by atoms with Crippen LogP contribution in [0, 0.1) is 5.82 Å². The Hall–Kier alpha value is -2.69. The Morgan fingerprint density at radius 2 is 1.67 bits per heavy atom. The Morgan fingerprint density at radius 1 is 0.958 bits per heavy atom. The summed E-state index contributed by atoms with van der Waals surface area (Å²) in [6.07, 6.45) is 1.23. The SMILES string of the molecule is CCc1cccc(OC(=O)CCCC(=O)Oc2ccccc2F)c1. The van der Waals surface area contributed by atoms with Gasteiger partial charge in [-0.1, -0.05) is 31.2 Å². The van der Waals surface area contributed by atoms with E-state index in [0.717, 1.165) is 12.0 Å². The minimum absolute atomic E-state index is 0.0123. The van der Waals surface area contributed by atoms with Crippen LogP contribution in [-0.2, 0) is 16.0 Å². The van der Waals surface area contributed by atoms with Gasteiger partial charge in [0.1, 0.15) is 5.75 Å². The van der Waals surface area contributed by atoms with Gasteiger partial charge in [0, 0.05) is 12.8 Å². The van der Waals surface area contributed by atoms with Crippen molar-refractivity contribution >= 4 is 11.9 Å². The van der Waals surface area contributed by atoms with Crippen LogP contribution in [0.5, 0.6) is 11.5 Å². The average Bonchev–Trinajstić information content (AvgIpc) is 2.57. The summed E-state index contributed by atoms with van der Waals surface area (Å²) < 4.78 is 23.5. The van der Waals surface area contributed by atoms with E-state index in [2.05, 4.69) is 0 Å². The summed E-state index contributed by atoms with van der Waals surface area (Å²) in [5.41, 5.74) is 1.08. The van der Waals surface area contributed by atoms with Gasteiger partial charge in [0.15, 0.2) is 11.6 Å². The molecule has 0 unspecified atom stereocenters. The van der Waals surface area contributed by atoms with Crippen LogP contribution in [0.2, 0.25) is 0 Å². The molecule has 24 heavy (non-hydrogen) atoms. The first kappa shape index (κ1) is 17.7. The highest BCUT2D eigenvalue weighted by Crippen LogP contribution is 2.17. The van der Waals surface area contributed by atoms with Gasteiger partial charge in [-0.25, -0.2) is 4.39 Å². The Bertz CT molecular complexity index is 712. The molecule has 2 aromatic rings. The summed E-state index contributed by atoms with van der Waals surface area (Å²) >= 11 is 0. The summed E-state index contributed by atoms with van der Waals surface area (Å²) in [6, 6.07) is 13.0. The molecule has 0 spiro atoms. The molecule has 0 aromatic heterocycles. The number of benzene rings is 2. The quantitative estimate of drug-likeness (QED) is 0.567. The number of hydrogen-bond acceptors (Lipinski definition) is 4. The molecule has 126 valence electrons. The van der Waals surface area contributed by atoms with E-state index in [1.807, 2.05) is 25.1 Å². The first-order chi connectivity index (χ1) is 11.6. The highest BCUT2D eigenvalue weighted by atomic mass is 19.1. The predicted octanol–water partition coefficient (Wildman–Crippen LogP) is 4.07. The second kappa shape index (κ2) is 8.82. The molecule has 2 rings (SSSR count). The second-order valence-corrected chi connectivity index (χ2v) is 5.23.